The predicted molar refractivity (Wildman–Crippen MR) is 119 cm³/mol. The number of halogens is 4. The summed E-state index contributed by atoms with van der Waals surface area (Å²) in [4.78, 5) is 27.3. The SMILES string of the molecule is O=C(C=Cc1cc(Oc2ccc(NC(=O)Nc3cccc(Cl)c3C(F)(F)F)cc2)ccn1)NO. The van der Waals surface area contributed by atoms with Gasteiger partial charge < -0.3 is 15.4 Å². The van der Waals surface area contributed by atoms with E-state index in [4.69, 9.17) is 21.5 Å². The number of carbonyl (C=O) groups excluding carboxylic acids is 2. The largest absolute Gasteiger partial charge is 0.457 e. The van der Waals surface area contributed by atoms with Crippen molar-refractivity contribution < 1.29 is 32.7 Å². The van der Waals surface area contributed by atoms with Crippen LogP contribution < -0.4 is 20.9 Å². The number of nitrogens with one attached hydrogen (secondary N) is 3. The van der Waals surface area contributed by atoms with Crippen molar-refractivity contribution in [1.82, 2.24) is 10.5 Å². The second-order valence-corrected chi connectivity index (χ2v) is 7.00. The molecule has 0 fully saturated rings. The van der Waals surface area contributed by atoms with Gasteiger partial charge in [0.2, 0.25) is 0 Å². The van der Waals surface area contributed by atoms with Gasteiger partial charge in [-0.3, -0.25) is 15.0 Å². The molecule has 0 spiro atoms. The average molecular weight is 493 g/mol. The maximum atomic E-state index is 13.2. The van der Waals surface area contributed by atoms with E-state index in [1.54, 1.807) is 12.1 Å². The van der Waals surface area contributed by atoms with Crippen LogP contribution in [0.3, 0.4) is 0 Å². The number of pyridine rings is 1. The molecule has 3 rings (SSSR count). The third kappa shape index (κ3) is 6.70. The van der Waals surface area contributed by atoms with Crippen molar-refractivity contribution in [2.75, 3.05) is 10.6 Å². The van der Waals surface area contributed by atoms with E-state index in [1.165, 1.54) is 48.1 Å². The Kier molecular flexibility index (Phi) is 7.71. The van der Waals surface area contributed by atoms with E-state index < -0.39 is 34.4 Å². The molecule has 1 heterocycles. The number of rotatable bonds is 6. The Morgan fingerprint density at radius 3 is 2.44 bits per heavy atom. The molecule has 2 aromatic carbocycles. The van der Waals surface area contributed by atoms with Gasteiger partial charge in [-0.2, -0.15) is 13.2 Å². The van der Waals surface area contributed by atoms with Gasteiger partial charge in [0.05, 0.1) is 22.0 Å². The van der Waals surface area contributed by atoms with E-state index in [-0.39, 0.29) is 0 Å². The van der Waals surface area contributed by atoms with Crippen LogP contribution >= 0.6 is 11.6 Å². The molecule has 3 aromatic rings. The summed E-state index contributed by atoms with van der Waals surface area (Å²) in [5.41, 5.74) is 0.542. The van der Waals surface area contributed by atoms with Crippen LogP contribution in [0.2, 0.25) is 5.02 Å². The van der Waals surface area contributed by atoms with Gasteiger partial charge in [-0.1, -0.05) is 17.7 Å². The first-order valence-electron chi connectivity index (χ1n) is 9.45. The van der Waals surface area contributed by atoms with Crippen molar-refractivity contribution in [2.24, 2.45) is 0 Å². The summed E-state index contributed by atoms with van der Waals surface area (Å²) in [5, 5.41) is 12.5. The topological polar surface area (TPSA) is 113 Å². The summed E-state index contributed by atoms with van der Waals surface area (Å²) in [6.45, 7) is 0. The fourth-order valence-corrected chi connectivity index (χ4v) is 3.01. The van der Waals surface area contributed by atoms with Crippen LogP contribution in [0.25, 0.3) is 6.08 Å². The quantitative estimate of drug-likeness (QED) is 0.200. The van der Waals surface area contributed by atoms with Crippen LogP contribution in [0, 0.1) is 0 Å². The predicted octanol–water partition coefficient (Wildman–Crippen LogP) is 5.71. The molecule has 0 saturated carbocycles. The highest BCUT2D eigenvalue weighted by Gasteiger charge is 2.36. The molecule has 0 aliphatic rings. The van der Waals surface area contributed by atoms with Gasteiger partial charge in [-0.15, -0.1) is 0 Å². The van der Waals surface area contributed by atoms with Gasteiger partial charge in [0.15, 0.2) is 0 Å². The normalized spacial score (nSPS) is 11.2. The van der Waals surface area contributed by atoms with Crippen molar-refractivity contribution in [2.45, 2.75) is 6.18 Å². The molecule has 0 unspecified atom stereocenters. The number of alkyl halides is 3. The monoisotopic (exact) mass is 492 g/mol. The lowest BCUT2D eigenvalue weighted by atomic mass is 10.1. The molecule has 0 atom stereocenters. The van der Waals surface area contributed by atoms with Crippen LogP contribution in [0.5, 0.6) is 11.5 Å². The minimum absolute atomic E-state index is 0.300. The molecule has 0 bridgehead atoms. The molecule has 176 valence electrons. The lowest BCUT2D eigenvalue weighted by molar-refractivity contribution is -0.136. The van der Waals surface area contributed by atoms with Crippen LogP contribution in [0.1, 0.15) is 11.3 Å². The molecule has 8 nitrogen and oxygen atoms in total. The number of aromatic nitrogens is 1. The zero-order chi connectivity index (χ0) is 24.7. The Morgan fingerprint density at radius 2 is 1.76 bits per heavy atom. The molecule has 1 aromatic heterocycles. The first-order chi connectivity index (χ1) is 16.2. The number of urea groups is 1. The molecular formula is C22H16ClF3N4O4. The van der Waals surface area contributed by atoms with Gasteiger partial charge in [-0.25, -0.2) is 10.3 Å². The van der Waals surface area contributed by atoms with Crippen molar-refractivity contribution in [3.63, 3.8) is 0 Å². The fourth-order valence-electron chi connectivity index (χ4n) is 2.72. The van der Waals surface area contributed by atoms with Crippen molar-refractivity contribution >= 4 is 41.0 Å². The summed E-state index contributed by atoms with van der Waals surface area (Å²) in [6.07, 6.45) is -0.836. The van der Waals surface area contributed by atoms with Crippen LogP contribution in [-0.4, -0.2) is 22.1 Å². The van der Waals surface area contributed by atoms with E-state index >= 15 is 0 Å². The number of benzene rings is 2. The number of ether oxygens (including phenoxy) is 1. The maximum Gasteiger partial charge on any atom is 0.419 e. The third-order valence-corrected chi connectivity index (χ3v) is 4.48. The molecule has 0 aliphatic heterocycles. The van der Waals surface area contributed by atoms with Gasteiger partial charge in [-0.05, 0) is 48.5 Å². The van der Waals surface area contributed by atoms with Crippen LogP contribution in [-0.2, 0) is 11.0 Å². The Balaban J connectivity index is 1.64. The Bertz CT molecular complexity index is 1220. The van der Waals surface area contributed by atoms with Crippen LogP contribution in [0.15, 0.2) is 66.9 Å². The minimum atomic E-state index is -4.74. The number of hydroxylamine groups is 1. The number of carbonyl (C=O) groups is 2. The molecular weight excluding hydrogens is 477 g/mol. The van der Waals surface area contributed by atoms with E-state index in [0.29, 0.717) is 22.9 Å². The number of anilines is 2. The van der Waals surface area contributed by atoms with Crippen molar-refractivity contribution in [3.8, 4) is 11.5 Å². The van der Waals surface area contributed by atoms with Gasteiger partial charge >= 0.3 is 12.2 Å². The maximum absolute atomic E-state index is 13.2. The van der Waals surface area contributed by atoms with Gasteiger partial charge in [0.25, 0.3) is 5.91 Å². The van der Waals surface area contributed by atoms with Gasteiger partial charge in [0, 0.05) is 24.0 Å². The Labute approximate surface area is 196 Å². The summed E-state index contributed by atoms with van der Waals surface area (Å²) in [7, 11) is 0. The molecule has 0 aliphatic carbocycles. The molecule has 4 N–H and O–H groups in total. The number of amides is 3. The highest BCUT2D eigenvalue weighted by atomic mass is 35.5. The molecule has 12 heteroatoms. The lowest BCUT2D eigenvalue weighted by Gasteiger charge is -2.15. The third-order valence-electron chi connectivity index (χ3n) is 4.16. The smallest absolute Gasteiger partial charge is 0.419 e. The highest BCUT2D eigenvalue weighted by molar-refractivity contribution is 6.32. The first-order valence-corrected chi connectivity index (χ1v) is 9.83. The van der Waals surface area contributed by atoms with E-state index in [9.17, 15) is 22.8 Å². The zero-order valence-electron chi connectivity index (χ0n) is 17.1. The van der Waals surface area contributed by atoms with Crippen molar-refractivity contribution in [3.05, 3.63) is 83.2 Å². The highest BCUT2D eigenvalue weighted by Crippen LogP contribution is 2.39. The lowest BCUT2D eigenvalue weighted by Crippen LogP contribution is -2.22. The average Bonchev–Trinajstić information content (AvgIpc) is 2.78. The Morgan fingerprint density at radius 1 is 1.03 bits per heavy atom. The number of nitrogens with zero attached hydrogens (tertiary/aromatic N) is 1. The second kappa shape index (κ2) is 10.7. The minimum Gasteiger partial charge on any atom is -0.457 e. The zero-order valence-corrected chi connectivity index (χ0v) is 17.8. The van der Waals surface area contributed by atoms with Crippen LogP contribution in [0.4, 0.5) is 29.3 Å². The van der Waals surface area contributed by atoms with Crippen molar-refractivity contribution in [1.29, 1.82) is 0 Å². The Hall–Kier alpha value is -4.09. The number of hydrogen-bond acceptors (Lipinski definition) is 5. The van der Waals surface area contributed by atoms with Gasteiger partial charge in [0.1, 0.15) is 11.5 Å². The van der Waals surface area contributed by atoms with E-state index in [0.717, 1.165) is 18.2 Å². The number of hydrogen-bond donors (Lipinski definition) is 4. The second-order valence-electron chi connectivity index (χ2n) is 6.59. The first kappa shape index (κ1) is 24.6. The summed E-state index contributed by atoms with van der Waals surface area (Å²) in [6, 6.07) is 11.8. The summed E-state index contributed by atoms with van der Waals surface area (Å²) < 4.78 is 45.4. The standard InChI is InChI=1S/C22H16ClF3N4O4/c23-17-2-1-3-18(20(17)22(24,25)26)29-21(32)28-13-4-7-15(8-5-13)34-16-10-11-27-14(12-16)6-9-19(31)30-33/h1-12,33H,(H,30,31)(H2,28,29,32). The van der Waals surface area contributed by atoms with E-state index in [1.807, 2.05) is 0 Å². The molecule has 3 amide bonds. The summed E-state index contributed by atoms with van der Waals surface area (Å²) in [5.74, 6) is 0.0813. The van der Waals surface area contributed by atoms with E-state index in [2.05, 4.69) is 15.6 Å². The fraction of sp³-hybridized carbons (Fsp3) is 0.0455. The molecule has 0 saturated heterocycles. The summed E-state index contributed by atoms with van der Waals surface area (Å²) >= 11 is 5.65. The molecule has 0 radical (unpaired) electrons. The molecule has 34 heavy (non-hydrogen) atoms.